The number of imidazole rings is 1. The molecular weight excluding hydrogens is 455 g/mol. The Morgan fingerprint density at radius 3 is 2.47 bits per heavy atom. The number of aromatic nitrogens is 4. The fraction of sp³-hybridized carbons (Fsp3) is 0.476. The van der Waals surface area contributed by atoms with Gasteiger partial charge in [-0.2, -0.15) is 4.98 Å². The van der Waals surface area contributed by atoms with Gasteiger partial charge in [-0.1, -0.05) is 29.3 Å². The number of hydrogen-bond donors (Lipinski definition) is 1. The average Bonchev–Trinajstić information content (AvgIpc) is 3.15. The molecule has 0 amide bonds. The van der Waals surface area contributed by atoms with E-state index in [2.05, 4.69) is 15.2 Å². The second-order valence-electron chi connectivity index (χ2n) is 7.83. The lowest BCUT2D eigenvalue weighted by atomic mass is 10.2. The maximum atomic E-state index is 13.0. The topological polar surface area (TPSA) is 86.3 Å². The molecule has 32 heavy (non-hydrogen) atoms. The predicted molar refractivity (Wildman–Crippen MR) is 126 cm³/mol. The Balaban J connectivity index is 1.68. The number of benzene rings is 1. The van der Waals surface area contributed by atoms with E-state index in [0.29, 0.717) is 39.3 Å². The molecule has 11 heteroatoms. The van der Waals surface area contributed by atoms with Crippen LogP contribution in [0.15, 0.2) is 27.8 Å². The summed E-state index contributed by atoms with van der Waals surface area (Å²) >= 11 is 12.8. The van der Waals surface area contributed by atoms with E-state index in [0.717, 1.165) is 43.8 Å². The summed E-state index contributed by atoms with van der Waals surface area (Å²) in [6.45, 7) is 5.23. The highest BCUT2D eigenvalue weighted by Crippen LogP contribution is 2.27. The molecule has 1 aromatic carbocycles. The maximum Gasteiger partial charge on any atom is 0.332 e. The van der Waals surface area contributed by atoms with Gasteiger partial charge in [-0.25, -0.2) is 4.79 Å². The molecule has 1 saturated heterocycles. The fourth-order valence-corrected chi connectivity index (χ4v) is 4.42. The number of nitrogens with zero attached hydrogens (tertiary/aromatic N) is 5. The van der Waals surface area contributed by atoms with E-state index in [1.54, 1.807) is 29.8 Å². The molecule has 0 saturated carbocycles. The summed E-state index contributed by atoms with van der Waals surface area (Å²) in [4.78, 5) is 32.4. The standard InChI is InChI=1S/C21H26Cl2N6O3/c1-26-18-17(19(30)27(2)21(26)31)29(13-14-15(22)5-3-6-16(14)23)20(25-18)24-7-4-8-28-9-11-32-12-10-28/h3,5-6H,4,7-13H2,1-2H3,(H,24,25). The van der Waals surface area contributed by atoms with E-state index < -0.39 is 11.2 Å². The van der Waals surface area contributed by atoms with Crippen molar-refractivity contribution < 1.29 is 4.74 Å². The lowest BCUT2D eigenvalue weighted by Crippen LogP contribution is -2.37. The van der Waals surface area contributed by atoms with Gasteiger partial charge in [0.1, 0.15) is 0 Å². The van der Waals surface area contributed by atoms with Gasteiger partial charge in [-0.3, -0.25) is 23.4 Å². The van der Waals surface area contributed by atoms with Crippen molar-refractivity contribution in [3.63, 3.8) is 0 Å². The number of hydrogen-bond acceptors (Lipinski definition) is 6. The number of rotatable bonds is 7. The first kappa shape index (κ1) is 22.8. The molecule has 3 heterocycles. The molecule has 9 nitrogen and oxygen atoms in total. The van der Waals surface area contributed by atoms with Crippen LogP contribution in [0.1, 0.15) is 12.0 Å². The summed E-state index contributed by atoms with van der Waals surface area (Å²) in [5, 5.41) is 4.34. The van der Waals surface area contributed by atoms with Crippen molar-refractivity contribution in [1.29, 1.82) is 0 Å². The normalized spacial score (nSPS) is 14.9. The Morgan fingerprint density at radius 1 is 1.09 bits per heavy atom. The van der Waals surface area contributed by atoms with Gasteiger partial charge in [-0.05, 0) is 25.1 Å². The molecule has 0 aliphatic carbocycles. The molecule has 4 rings (SSSR count). The molecule has 0 spiro atoms. The summed E-state index contributed by atoms with van der Waals surface area (Å²) in [6, 6.07) is 5.28. The number of ether oxygens (including phenoxy) is 1. The minimum Gasteiger partial charge on any atom is -0.379 e. The van der Waals surface area contributed by atoms with Gasteiger partial charge < -0.3 is 10.1 Å². The van der Waals surface area contributed by atoms with Crippen molar-refractivity contribution in [3.8, 4) is 0 Å². The number of fused-ring (bicyclic) bond motifs is 1. The molecule has 1 aliphatic heterocycles. The van der Waals surface area contributed by atoms with Gasteiger partial charge in [0.05, 0.1) is 19.8 Å². The highest BCUT2D eigenvalue weighted by Gasteiger charge is 2.21. The van der Waals surface area contributed by atoms with Gasteiger partial charge in [0, 0.05) is 49.3 Å². The van der Waals surface area contributed by atoms with Crippen LogP contribution in [-0.2, 0) is 25.4 Å². The molecule has 1 fully saturated rings. The third-order valence-electron chi connectivity index (χ3n) is 5.76. The Hall–Kier alpha value is -2.33. The summed E-state index contributed by atoms with van der Waals surface area (Å²) in [5.41, 5.74) is 0.475. The van der Waals surface area contributed by atoms with Crippen LogP contribution in [-0.4, -0.2) is 63.0 Å². The Labute approximate surface area is 195 Å². The van der Waals surface area contributed by atoms with Crippen LogP contribution >= 0.6 is 23.2 Å². The van der Waals surface area contributed by atoms with Gasteiger partial charge in [0.15, 0.2) is 11.2 Å². The average molecular weight is 481 g/mol. The maximum absolute atomic E-state index is 13.0. The zero-order chi connectivity index (χ0) is 22.8. The highest BCUT2D eigenvalue weighted by atomic mass is 35.5. The van der Waals surface area contributed by atoms with Crippen LogP contribution in [0.5, 0.6) is 0 Å². The number of nitrogens with one attached hydrogen (secondary N) is 1. The van der Waals surface area contributed by atoms with E-state index in [9.17, 15) is 9.59 Å². The highest BCUT2D eigenvalue weighted by molar-refractivity contribution is 6.36. The lowest BCUT2D eigenvalue weighted by Gasteiger charge is -2.26. The molecule has 3 aromatic rings. The second kappa shape index (κ2) is 9.66. The number of aryl methyl sites for hydroxylation is 1. The lowest BCUT2D eigenvalue weighted by molar-refractivity contribution is 0.0378. The smallest absolute Gasteiger partial charge is 0.332 e. The van der Waals surface area contributed by atoms with Crippen LogP contribution in [0, 0.1) is 0 Å². The van der Waals surface area contributed by atoms with Gasteiger partial charge in [0.25, 0.3) is 5.56 Å². The van der Waals surface area contributed by atoms with Crippen molar-refractivity contribution in [2.75, 3.05) is 44.7 Å². The van der Waals surface area contributed by atoms with Crippen LogP contribution in [0.3, 0.4) is 0 Å². The van der Waals surface area contributed by atoms with Gasteiger partial charge in [0.2, 0.25) is 5.95 Å². The molecule has 0 unspecified atom stereocenters. The first-order valence-electron chi connectivity index (χ1n) is 10.5. The van der Waals surface area contributed by atoms with Crippen LogP contribution < -0.4 is 16.6 Å². The summed E-state index contributed by atoms with van der Waals surface area (Å²) in [5.74, 6) is 0.497. The minimum absolute atomic E-state index is 0.244. The first-order chi connectivity index (χ1) is 15.4. The predicted octanol–water partition coefficient (Wildman–Crippen LogP) is 1.92. The number of morpholine rings is 1. The Bertz CT molecular complexity index is 1220. The van der Waals surface area contributed by atoms with Gasteiger partial charge in [-0.15, -0.1) is 0 Å². The quantitative estimate of drug-likeness (QED) is 0.519. The molecular formula is C21H26Cl2N6O3. The fourth-order valence-electron chi connectivity index (χ4n) is 3.90. The van der Waals surface area contributed by atoms with Crippen LogP contribution in [0.4, 0.5) is 5.95 Å². The minimum atomic E-state index is -0.429. The largest absolute Gasteiger partial charge is 0.379 e. The van der Waals surface area contributed by atoms with Gasteiger partial charge >= 0.3 is 5.69 Å². The van der Waals surface area contributed by atoms with Crippen molar-refractivity contribution in [3.05, 3.63) is 54.6 Å². The molecule has 172 valence electrons. The SMILES string of the molecule is Cn1c(=O)c2c(nc(NCCCN3CCOCC3)n2Cc2c(Cl)cccc2Cl)n(C)c1=O. The zero-order valence-electron chi connectivity index (χ0n) is 18.1. The van der Waals surface area contributed by atoms with E-state index in [1.807, 2.05) is 0 Å². The third-order valence-corrected chi connectivity index (χ3v) is 6.47. The van der Waals surface area contributed by atoms with Crippen molar-refractivity contribution in [1.82, 2.24) is 23.6 Å². The number of anilines is 1. The molecule has 0 atom stereocenters. The Kier molecular flexibility index (Phi) is 6.90. The molecule has 1 N–H and O–H groups in total. The molecule has 2 aromatic heterocycles. The molecule has 0 bridgehead atoms. The van der Waals surface area contributed by atoms with Crippen molar-refractivity contribution in [2.45, 2.75) is 13.0 Å². The second-order valence-corrected chi connectivity index (χ2v) is 8.65. The summed E-state index contributed by atoms with van der Waals surface area (Å²) in [6.07, 6.45) is 0.896. The summed E-state index contributed by atoms with van der Waals surface area (Å²) in [7, 11) is 3.06. The number of halogens is 2. The van der Waals surface area contributed by atoms with Crippen molar-refractivity contribution >= 4 is 40.3 Å². The summed E-state index contributed by atoms with van der Waals surface area (Å²) < 4.78 is 9.60. The van der Waals surface area contributed by atoms with Crippen LogP contribution in [0.2, 0.25) is 10.0 Å². The Morgan fingerprint density at radius 2 is 1.78 bits per heavy atom. The molecule has 1 aliphatic rings. The zero-order valence-corrected chi connectivity index (χ0v) is 19.6. The van der Waals surface area contributed by atoms with E-state index in [-0.39, 0.29) is 6.54 Å². The van der Waals surface area contributed by atoms with E-state index in [4.69, 9.17) is 27.9 Å². The van der Waals surface area contributed by atoms with E-state index in [1.165, 1.54) is 11.6 Å². The third kappa shape index (κ3) is 4.43. The monoisotopic (exact) mass is 480 g/mol. The molecule has 0 radical (unpaired) electrons. The van der Waals surface area contributed by atoms with Crippen molar-refractivity contribution in [2.24, 2.45) is 14.1 Å². The van der Waals surface area contributed by atoms with Crippen LogP contribution in [0.25, 0.3) is 11.2 Å². The first-order valence-corrected chi connectivity index (χ1v) is 11.3. The van der Waals surface area contributed by atoms with E-state index >= 15 is 0 Å².